The van der Waals surface area contributed by atoms with Gasteiger partial charge in [0.15, 0.2) is 0 Å². The molecule has 1 heterocycles. The van der Waals surface area contributed by atoms with E-state index in [-0.39, 0.29) is 0 Å². The summed E-state index contributed by atoms with van der Waals surface area (Å²) in [6.45, 7) is 3.80. The highest BCUT2D eigenvalue weighted by Crippen LogP contribution is 2.13. The Morgan fingerprint density at radius 2 is 2.43 bits per heavy atom. The van der Waals surface area contributed by atoms with Gasteiger partial charge in [-0.3, -0.25) is 4.68 Å². The van der Waals surface area contributed by atoms with Crippen molar-refractivity contribution in [3.8, 4) is 0 Å². The fourth-order valence-electron chi connectivity index (χ4n) is 0.918. The third-order valence-electron chi connectivity index (χ3n) is 1.95. The van der Waals surface area contributed by atoms with E-state index in [1.165, 1.54) is 0 Å². The van der Waals surface area contributed by atoms with Crippen molar-refractivity contribution in [1.29, 1.82) is 0 Å². The fraction of sp³-hybridized carbons (Fsp3) is 0.333. The molecule has 0 aliphatic rings. The fourth-order valence-corrected chi connectivity index (χ4v) is 1.06. The molecule has 0 aromatic carbocycles. The Labute approximate surface area is 86.8 Å². The highest BCUT2D eigenvalue weighted by atomic mass is 35.5. The van der Waals surface area contributed by atoms with Gasteiger partial charge in [0, 0.05) is 5.57 Å². The van der Waals surface area contributed by atoms with E-state index in [0.29, 0.717) is 17.1 Å². The summed E-state index contributed by atoms with van der Waals surface area (Å²) >= 11 is 5.79. The van der Waals surface area contributed by atoms with Gasteiger partial charge in [-0.2, -0.15) is 5.10 Å². The zero-order chi connectivity index (χ0) is 10.7. The number of allylic oxidation sites excluding steroid dienone is 1. The van der Waals surface area contributed by atoms with E-state index >= 15 is 0 Å². The van der Waals surface area contributed by atoms with Crippen molar-refractivity contribution in [2.75, 3.05) is 0 Å². The molecule has 0 aliphatic heterocycles. The Morgan fingerprint density at radius 3 is 2.86 bits per heavy atom. The minimum absolute atomic E-state index is 0.302. The molecule has 5 heteroatoms. The second-order valence-corrected chi connectivity index (χ2v) is 3.36. The van der Waals surface area contributed by atoms with Gasteiger partial charge in [-0.25, -0.2) is 4.79 Å². The van der Waals surface area contributed by atoms with Gasteiger partial charge in [-0.05, 0) is 13.8 Å². The number of hydrogen-bond acceptors (Lipinski definition) is 2. The van der Waals surface area contributed by atoms with Crippen molar-refractivity contribution in [2.24, 2.45) is 0 Å². The standard InChI is InChI=1S/C9H11ClN2O2/c1-6(9(13)14)3-4-12-7(2)8(10)5-11-12/h3,5H,4H2,1-2H3,(H,13,14). The molecule has 0 amide bonds. The number of hydrogen-bond donors (Lipinski definition) is 1. The van der Waals surface area contributed by atoms with Crippen molar-refractivity contribution in [3.05, 3.63) is 28.6 Å². The van der Waals surface area contributed by atoms with E-state index in [9.17, 15) is 4.79 Å². The molecule has 0 atom stereocenters. The minimum atomic E-state index is -0.916. The van der Waals surface area contributed by atoms with Crippen LogP contribution < -0.4 is 0 Å². The number of aromatic nitrogens is 2. The number of carboxylic acids is 1. The lowest BCUT2D eigenvalue weighted by Crippen LogP contribution is -2.03. The monoisotopic (exact) mass is 214 g/mol. The lowest BCUT2D eigenvalue weighted by molar-refractivity contribution is -0.132. The maximum atomic E-state index is 10.5. The summed E-state index contributed by atoms with van der Waals surface area (Å²) in [4.78, 5) is 10.5. The van der Waals surface area contributed by atoms with E-state index in [4.69, 9.17) is 16.7 Å². The van der Waals surface area contributed by atoms with Crippen LogP contribution in [0.3, 0.4) is 0 Å². The quantitative estimate of drug-likeness (QED) is 0.782. The second-order valence-electron chi connectivity index (χ2n) is 2.95. The first-order valence-corrected chi connectivity index (χ1v) is 4.48. The molecule has 1 N–H and O–H groups in total. The van der Waals surface area contributed by atoms with Crippen LogP contribution in [0.5, 0.6) is 0 Å². The number of carboxylic acid groups (broad SMARTS) is 1. The van der Waals surface area contributed by atoms with Crippen LogP contribution in [-0.4, -0.2) is 20.9 Å². The van der Waals surface area contributed by atoms with Crippen molar-refractivity contribution in [2.45, 2.75) is 20.4 Å². The Hall–Kier alpha value is -1.29. The average Bonchev–Trinajstić information content (AvgIpc) is 2.44. The summed E-state index contributed by atoms with van der Waals surface area (Å²) in [5.41, 5.74) is 1.14. The smallest absolute Gasteiger partial charge is 0.331 e. The van der Waals surface area contributed by atoms with Crippen LogP contribution >= 0.6 is 11.6 Å². The summed E-state index contributed by atoms with van der Waals surface area (Å²) < 4.78 is 1.65. The topological polar surface area (TPSA) is 55.1 Å². The first-order chi connectivity index (χ1) is 6.52. The normalized spacial score (nSPS) is 11.8. The molecule has 1 aromatic rings. The van der Waals surface area contributed by atoms with Crippen LogP contribution in [0.15, 0.2) is 17.8 Å². The van der Waals surface area contributed by atoms with E-state index < -0.39 is 5.97 Å². The maximum absolute atomic E-state index is 10.5. The average molecular weight is 215 g/mol. The summed E-state index contributed by atoms with van der Waals surface area (Å²) in [5, 5.41) is 13.2. The van der Waals surface area contributed by atoms with Crippen molar-refractivity contribution in [3.63, 3.8) is 0 Å². The van der Waals surface area contributed by atoms with Crippen LogP contribution in [0.4, 0.5) is 0 Å². The molecule has 0 spiro atoms. The molecular weight excluding hydrogens is 204 g/mol. The van der Waals surface area contributed by atoms with Gasteiger partial charge in [0.1, 0.15) is 0 Å². The maximum Gasteiger partial charge on any atom is 0.331 e. The van der Waals surface area contributed by atoms with E-state index in [0.717, 1.165) is 5.69 Å². The zero-order valence-corrected chi connectivity index (χ0v) is 8.75. The molecule has 1 aromatic heterocycles. The Kier molecular flexibility index (Phi) is 3.30. The van der Waals surface area contributed by atoms with Crippen molar-refractivity contribution >= 4 is 17.6 Å². The second kappa shape index (κ2) is 4.28. The first kappa shape index (κ1) is 10.8. The lowest BCUT2D eigenvalue weighted by atomic mass is 10.3. The highest BCUT2D eigenvalue weighted by molar-refractivity contribution is 6.31. The van der Waals surface area contributed by atoms with Crippen LogP contribution in [0.25, 0.3) is 0 Å². The van der Waals surface area contributed by atoms with E-state index in [2.05, 4.69) is 5.10 Å². The third kappa shape index (κ3) is 2.35. The number of carbonyl (C=O) groups is 1. The number of rotatable bonds is 3. The molecule has 0 saturated carbocycles. The van der Waals surface area contributed by atoms with Gasteiger partial charge in [-0.1, -0.05) is 17.7 Å². The highest BCUT2D eigenvalue weighted by Gasteiger charge is 2.03. The molecule has 14 heavy (non-hydrogen) atoms. The Balaban J connectivity index is 2.76. The summed E-state index contributed by atoms with van der Waals surface area (Å²) in [5.74, 6) is -0.916. The summed E-state index contributed by atoms with van der Waals surface area (Å²) in [6.07, 6.45) is 3.14. The predicted octanol–water partition coefficient (Wildman–Crippen LogP) is 1.88. The molecule has 0 aliphatic carbocycles. The Morgan fingerprint density at radius 1 is 1.79 bits per heavy atom. The van der Waals surface area contributed by atoms with Crippen molar-refractivity contribution < 1.29 is 9.90 Å². The first-order valence-electron chi connectivity index (χ1n) is 4.10. The largest absolute Gasteiger partial charge is 0.478 e. The van der Waals surface area contributed by atoms with Gasteiger partial charge in [0.2, 0.25) is 0 Å². The van der Waals surface area contributed by atoms with Gasteiger partial charge in [0.05, 0.1) is 23.5 Å². The van der Waals surface area contributed by atoms with Crippen LogP contribution in [0.1, 0.15) is 12.6 Å². The summed E-state index contributed by atoms with van der Waals surface area (Å²) in [7, 11) is 0. The van der Waals surface area contributed by atoms with Gasteiger partial charge in [-0.15, -0.1) is 0 Å². The van der Waals surface area contributed by atoms with Crippen molar-refractivity contribution in [1.82, 2.24) is 9.78 Å². The zero-order valence-electron chi connectivity index (χ0n) is 7.99. The molecule has 1 rings (SSSR count). The number of aliphatic carboxylic acids is 1. The van der Waals surface area contributed by atoms with E-state index in [1.54, 1.807) is 23.9 Å². The van der Waals surface area contributed by atoms with Crippen LogP contribution in [0, 0.1) is 6.92 Å². The number of nitrogens with zero attached hydrogens (tertiary/aromatic N) is 2. The van der Waals surface area contributed by atoms with Gasteiger partial charge >= 0.3 is 5.97 Å². The molecule has 0 bridgehead atoms. The Bertz CT molecular complexity index is 382. The molecular formula is C9H11ClN2O2. The van der Waals surface area contributed by atoms with E-state index in [1.807, 2.05) is 6.92 Å². The van der Waals surface area contributed by atoms with Crippen LogP contribution in [-0.2, 0) is 11.3 Å². The third-order valence-corrected chi connectivity index (χ3v) is 2.32. The molecule has 0 saturated heterocycles. The van der Waals surface area contributed by atoms with Gasteiger partial charge < -0.3 is 5.11 Å². The molecule has 0 radical (unpaired) electrons. The molecule has 76 valence electrons. The molecule has 0 fully saturated rings. The number of halogens is 1. The van der Waals surface area contributed by atoms with Gasteiger partial charge in [0.25, 0.3) is 0 Å². The minimum Gasteiger partial charge on any atom is -0.478 e. The molecule has 0 unspecified atom stereocenters. The molecule has 4 nitrogen and oxygen atoms in total. The summed E-state index contributed by atoms with van der Waals surface area (Å²) in [6, 6.07) is 0. The lowest BCUT2D eigenvalue weighted by Gasteiger charge is -2.00. The predicted molar refractivity (Wildman–Crippen MR) is 53.4 cm³/mol. The SMILES string of the molecule is CC(=CCn1ncc(Cl)c1C)C(=O)O. The van der Waals surface area contributed by atoms with Crippen LogP contribution in [0.2, 0.25) is 5.02 Å².